The van der Waals surface area contributed by atoms with E-state index >= 15 is 0 Å². The summed E-state index contributed by atoms with van der Waals surface area (Å²) in [6, 6.07) is 201. The Kier molecular flexibility index (Phi) is 23.9. The van der Waals surface area contributed by atoms with Crippen LogP contribution < -0.4 is 0 Å². The van der Waals surface area contributed by atoms with Gasteiger partial charge in [-0.2, -0.15) is 0 Å². The molecule has 0 heterocycles. The van der Waals surface area contributed by atoms with E-state index in [9.17, 15) is 0 Å². The highest BCUT2D eigenvalue weighted by atomic mass is 14.3. The van der Waals surface area contributed by atoms with Gasteiger partial charge in [-0.05, 0) is 319 Å². The molecule has 0 saturated carbocycles. The molecule has 0 fully saturated rings. The van der Waals surface area contributed by atoms with E-state index in [0.717, 1.165) is 6.42 Å². The summed E-state index contributed by atoms with van der Waals surface area (Å²) in [5, 5.41) is 39.7. The average molecular weight is 1820 g/mol. The molecule has 0 spiro atoms. The zero-order valence-electron chi connectivity index (χ0n) is 79.8. The number of hydrogen-bond acceptors (Lipinski definition) is 0. The Balaban J connectivity index is 0.000000101. The second-order valence-corrected chi connectivity index (χ2v) is 37.6. The van der Waals surface area contributed by atoms with Crippen molar-refractivity contribution in [3.8, 4) is 77.9 Å². The Morgan fingerprint density at radius 3 is 0.552 bits per heavy atom. The summed E-state index contributed by atoms with van der Waals surface area (Å²) in [6.07, 6.45) is 1.11. The first-order valence-electron chi connectivity index (χ1n) is 49.7. The number of benzene rings is 29. The molecule has 0 atom stereocenters. The molecule has 29 aromatic carbocycles. The third-order valence-corrected chi connectivity index (χ3v) is 28.8. The fraction of sp³-hybridized carbons (Fsp3) is 0.0210. The molecule has 1 aliphatic rings. The summed E-state index contributed by atoms with van der Waals surface area (Å²) >= 11 is 0. The highest BCUT2D eigenvalue weighted by molar-refractivity contribution is 6.34. The maximum absolute atomic E-state index is 2.46. The molecule has 0 saturated heterocycles. The van der Waals surface area contributed by atoms with E-state index in [1.54, 1.807) is 0 Å². The maximum atomic E-state index is 2.46. The third kappa shape index (κ3) is 17.4. The smallest absolute Gasteiger partial charge is 0.00133 e. The van der Waals surface area contributed by atoms with Crippen LogP contribution in [0.25, 0.3) is 239 Å². The lowest BCUT2D eigenvalue weighted by molar-refractivity contribution is 1.24. The summed E-state index contributed by atoms with van der Waals surface area (Å²) in [5.74, 6) is 0. The Labute approximate surface area is 833 Å². The van der Waals surface area contributed by atoms with E-state index in [0.29, 0.717) is 0 Å². The number of fused-ring (bicyclic) bond motifs is 17. The van der Waals surface area contributed by atoms with Gasteiger partial charge in [0.25, 0.3) is 0 Å². The molecule has 29 aromatic rings. The van der Waals surface area contributed by atoms with Crippen molar-refractivity contribution in [3.63, 3.8) is 0 Å². The van der Waals surface area contributed by atoms with Crippen molar-refractivity contribution < 1.29 is 0 Å². The Hall–Kier alpha value is -18.2. The molecule has 0 bridgehead atoms. The van der Waals surface area contributed by atoms with Gasteiger partial charge >= 0.3 is 0 Å². The Morgan fingerprint density at radius 2 is 0.301 bits per heavy atom. The van der Waals surface area contributed by atoms with E-state index in [1.807, 2.05) is 0 Å². The molecule has 0 heteroatoms. The van der Waals surface area contributed by atoms with Gasteiger partial charge in [0.15, 0.2) is 0 Å². The largest absolute Gasteiger partial charge is 0.0622 e. The van der Waals surface area contributed by atoms with Gasteiger partial charge in [-0.15, -0.1) is 0 Å². The van der Waals surface area contributed by atoms with Crippen molar-refractivity contribution in [2.24, 2.45) is 0 Å². The molecule has 0 unspecified atom stereocenters. The van der Waals surface area contributed by atoms with E-state index < -0.39 is 0 Å². The van der Waals surface area contributed by atoms with Gasteiger partial charge in [-0.3, -0.25) is 0 Å². The highest BCUT2D eigenvalue weighted by Crippen LogP contribution is 2.50. The molecular weight excluding hydrogens is 1720 g/mol. The van der Waals surface area contributed by atoms with Crippen LogP contribution in [0.15, 0.2) is 558 Å². The molecule has 1 aliphatic carbocycles. The standard InChI is InChI=1S/C54H36.C20H12.C16H10.C15H14.2C14H10.C10H8/c1-7-19-37(20-8-1)43-31-49-50(32-44(43)38-21-9-2-10-22-38)52-34-46(40-25-13-4-14-26-40)48(42-29-17-6-18-30-42)36-54(52)53-35-47(41-27-15-5-16-28-41)45(33-51(49)53)39-23-11-3-12-24-39;1-5-13-6-2-11-17-18-12-4-8-14-7-3-10-16(20(14)18)15(9-1)19(13)17;1-3-11-7-9-13-5-2-6-14-10-8-12(4-1)15(11)16(13)14;1-10-3-5-14-12(7-10)9-13-8-11(2)4-6-15(13)14;1-3-7-13-11(5-1)9-10-12-6-2-4-8-14(12)13;1-2-6-12-10-14-8-4-3-7-13(14)9-11(12)5-1;1-2-6-10-8-4-3-7-9(10)5-1/h1-36H;1-12H;1-10H;3-8H,9H2,1-2H3;2*1-10H;1-8H. The topological polar surface area (TPSA) is 0 Å². The van der Waals surface area contributed by atoms with E-state index in [2.05, 4.69) is 572 Å². The van der Waals surface area contributed by atoms with Gasteiger partial charge < -0.3 is 0 Å². The van der Waals surface area contributed by atoms with Crippen LogP contribution in [0.2, 0.25) is 0 Å². The normalized spacial score (nSPS) is 11.4. The molecule has 30 rings (SSSR count). The van der Waals surface area contributed by atoms with E-state index in [-0.39, 0.29) is 0 Å². The summed E-state index contributed by atoms with van der Waals surface area (Å²) < 4.78 is 0. The van der Waals surface area contributed by atoms with Crippen LogP contribution in [0.4, 0.5) is 0 Å². The molecule has 0 nitrogen and oxygen atoms in total. The molecule has 0 radical (unpaired) electrons. The van der Waals surface area contributed by atoms with Crippen molar-refractivity contribution in [1.29, 1.82) is 0 Å². The summed E-state index contributed by atoms with van der Waals surface area (Å²) in [4.78, 5) is 0. The van der Waals surface area contributed by atoms with Crippen molar-refractivity contribution in [2.45, 2.75) is 20.3 Å². The first-order valence-corrected chi connectivity index (χ1v) is 49.7. The zero-order valence-corrected chi connectivity index (χ0v) is 79.8. The Bertz CT molecular complexity index is 8580. The van der Waals surface area contributed by atoms with Gasteiger partial charge in [0.2, 0.25) is 0 Å². The fourth-order valence-electron chi connectivity index (χ4n) is 22.0. The molecule has 0 aliphatic heterocycles. The summed E-state index contributed by atoms with van der Waals surface area (Å²) in [7, 11) is 0. The second-order valence-electron chi connectivity index (χ2n) is 37.6. The maximum Gasteiger partial charge on any atom is -0.00133 e. The minimum atomic E-state index is 1.11. The van der Waals surface area contributed by atoms with Gasteiger partial charge in [0, 0.05) is 0 Å². The van der Waals surface area contributed by atoms with Crippen LogP contribution in [0.1, 0.15) is 22.3 Å². The van der Waals surface area contributed by atoms with Crippen molar-refractivity contribution in [3.05, 3.63) is 580 Å². The predicted octanol–water partition coefficient (Wildman–Crippen LogP) is 40.2. The van der Waals surface area contributed by atoms with E-state index in [4.69, 9.17) is 0 Å². The van der Waals surface area contributed by atoms with Crippen LogP contribution in [-0.4, -0.2) is 0 Å². The minimum Gasteiger partial charge on any atom is -0.0622 e. The Morgan fingerprint density at radius 1 is 0.112 bits per heavy atom. The van der Waals surface area contributed by atoms with E-state index in [1.165, 1.54) is 262 Å². The SMILES string of the molecule is Cc1ccc2c(c1)Cc1cc(C)ccc1-2.c1cc2ccc3cccc4ccc(c1)c2c34.c1cc2cccc3c4cccc5cccc(c(c1)c23)c54.c1ccc(-c2cc3c4cc(-c5ccccc5)c(-c5ccccc5)cc4c4cc(-c5ccccc5)c(-c5ccccc5)cc4c3cc2-c2ccccc2)cc1.c1ccc2c(c1)ccc1ccccc12.c1ccc2cc3ccccc3cc2c1.c1ccc2ccccc2c1. The molecule has 0 amide bonds. The van der Waals surface area contributed by atoms with Gasteiger partial charge in [-0.1, -0.05) is 521 Å². The number of hydrogen-bond donors (Lipinski definition) is 0. The molecule has 0 N–H and O–H groups in total. The van der Waals surface area contributed by atoms with Gasteiger partial charge in [0.1, 0.15) is 0 Å². The lowest BCUT2D eigenvalue weighted by Crippen LogP contribution is -1.94. The highest BCUT2D eigenvalue weighted by Gasteiger charge is 2.23. The van der Waals surface area contributed by atoms with Gasteiger partial charge in [0.05, 0.1) is 0 Å². The lowest BCUT2D eigenvalue weighted by Gasteiger charge is -2.21. The van der Waals surface area contributed by atoms with Crippen LogP contribution in [0.3, 0.4) is 0 Å². The summed E-state index contributed by atoms with van der Waals surface area (Å²) in [5.41, 5.74) is 23.2. The quantitative estimate of drug-likeness (QED) is 0.115. The van der Waals surface area contributed by atoms with Crippen molar-refractivity contribution >= 4 is 162 Å². The molecule has 0 aromatic heterocycles. The first kappa shape index (κ1) is 87.6. The van der Waals surface area contributed by atoms with Crippen LogP contribution in [0, 0.1) is 13.8 Å². The lowest BCUT2D eigenvalue weighted by atomic mass is 9.82. The number of rotatable bonds is 6. The first-order chi connectivity index (χ1) is 70.7. The second kappa shape index (κ2) is 39.0. The fourth-order valence-corrected chi connectivity index (χ4v) is 22.0. The molecule has 143 heavy (non-hydrogen) atoms. The monoisotopic (exact) mass is 1820 g/mol. The van der Waals surface area contributed by atoms with Crippen LogP contribution >= 0.6 is 0 Å². The van der Waals surface area contributed by atoms with Gasteiger partial charge in [-0.25, -0.2) is 0 Å². The molecular formula is C143H100. The average Bonchev–Trinajstić information content (AvgIpc) is 1.01. The predicted molar refractivity (Wildman–Crippen MR) is 620 cm³/mol. The van der Waals surface area contributed by atoms with Crippen molar-refractivity contribution in [1.82, 2.24) is 0 Å². The minimum absolute atomic E-state index is 1.11. The van der Waals surface area contributed by atoms with Crippen molar-refractivity contribution in [2.75, 3.05) is 0 Å². The zero-order chi connectivity index (χ0) is 95.5. The summed E-state index contributed by atoms with van der Waals surface area (Å²) in [6.45, 7) is 4.32. The van der Waals surface area contributed by atoms with Crippen LogP contribution in [-0.2, 0) is 6.42 Å². The van der Waals surface area contributed by atoms with Crippen LogP contribution in [0.5, 0.6) is 0 Å². The number of aryl methyl sites for hydroxylation is 2. The third-order valence-electron chi connectivity index (χ3n) is 28.8. The molecule has 672 valence electrons.